The standard InChI is InChI=1S/C39H30O6/c1-3-24-12-16-26(17-13-24)39(34-10-6-4-8-28(34)29-9-5-7-11-35(29)39)27-18-14-25(15-19-27)20-36(41)31-21-30(23(2)40)32(37(42)43)22-33(31)38(44)45/h4-19,21-22H,3,20H2,1-2H3,(H,42,43)(H,44,45). The minimum absolute atomic E-state index is 0.129. The first-order valence-electron chi connectivity index (χ1n) is 14.7. The molecule has 0 spiro atoms. The molecular weight excluding hydrogens is 564 g/mol. The molecule has 45 heavy (non-hydrogen) atoms. The van der Waals surface area contributed by atoms with E-state index >= 15 is 0 Å². The van der Waals surface area contributed by atoms with Gasteiger partial charge in [-0.25, -0.2) is 9.59 Å². The molecule has 222 valence electrons. The van der Waals surface area contributed by atoms with E-state index in [4.69, 9.17) is 0 Å². The minimum atomic E-state index is -1.44. The average Bonchev–Trinajstić information content (AvgIpc) is 3.35. The highest BCUT2D eigenvalue weighted by atomic mass is 16.4. The van der Waals surface area contributed by atoms with Crippen molar-refractivity contribution in [2.24, 2.45) is 0 Å². The van der Waals surface area contributed by atoms with E-state index in [2.05, 4.69) is 67.6 Å². The SMILES string of the molecule is CCc1ccc(C2(c3ccc(CC(=O)c4cc(C(C)=O)c(C(=O)O)cc4C(=O)O)cc3)c3ccccc3-c3ccccc32)cc1. The van der Waals surface area contributed by atoms with Crippen LogP contribution in [0.4, 0.5) is 0 Å². The summed E-state index contributed by atoms with van der Waals surface area (Å²) in [5.74, 6) is -3.98. The second kappa shape index (κ2) is 11.5. The predicted octanol–water partition coefficient (Wildman–Crippen LogP) is 7.64. The van der Waals surface area contributed by atoms with Gasteiger partial charge in [0.2, 0.25) is 0 Å². The largest absolute Gasteiger partial charge is 0.478 e. The number of carboxylic acid groups (broad SMARTS) is 2. The molecule has 5 aromatic carbocycles. The smallest absolute Gasteiger partial charge is 0.336 e. The van der Waals surface area contributed by atoms with Gasteiger partial charge in [0.25, 0.3) is 0 Å². The fraction of sp³-hybridized carbons (Fsp3) is 0.128. The second-order valence-electron chi connectivity index (χ2n) is 11.3. The number of ketones is 2. The molecule has 1 aliphatic rings. The Kier molecular flexibility index (Phi) is 7.51. The molecular formula is C39H30O6. The Morgan fingerprint density at radius 3 is 1.49 bits per heavy atom. The Bertz CT molecular complexity index is 1960. The molecule has 0 unspecified atom stereocenters. The van der Waals surface area contributed by atoms with E-state index in [0.717, 1.165) is 29.7 Å². The molecule has 6 nitrogen and oxygen atoms in total. The van der Waals surface area contributed by atoms with Gasteiger partial charge < -0.3 is 10.2 Å². The molecule has 1 aliphatic carbocycles. The van der Waals surface area contributed by atoms with Gasteiger partial charge in [-0.3, -0.25) is 9.59 Å². The van der Waals surface area contributed by atoms with Crippen molar-refractivity contribution in [1.82, 2.24) is 0 Å². The summed E-state index contributed by atoms with van der Waals surface area (Å²) in [6, 6.07) is 35.3. The maximum absolute atomic E-state index is 13.5. The van der Waals surface area contributed by atoms with E-state index in [1.54, 1.807) is 0 Å². The van der Waals surface area contributed by atoms with Gasteiger partial charge in [0.15, 0.2) is 11.6 Å². The number of hydrogen-bond acceptors (Lipinski definition) is 4. The molecule has 0 saturated carbocycles. The second-order valence-corrected chi connectivity index (χ2v) is 11.3. The number of Topliss-reactive ketones (excluding diaryl/α,β-unsaturated/α-hetero) is 2. The zero-order valence-corrected chi connectivity index (χ0v) is 24.8. The van der Waals surface area contributed by atoms with E-state index in [1.165, 1.54) is 34.7 Å². The lowest BCUT2D eigenvalue weighted by Gasteiger charge is -2.34. The van der Waals surface area contributed by atoms with Crippen molar-refractivity contribution < 1.29 is 29.4 Å². The molecule has 0 heterocycles. The molecule has 2 N–H and O–H groups in total. The van der Waals surface area contributed by atoms with Crippen molar-refractivity contribution in [2.45, 2.75) is 32.1 Å². The van der Waals surface area contributed by atoms with Crippen LogP contribution >= 0.6 is 0 Å². The molecule has 0 radical (unpaired) electrons. The van der Waals surface area contributed by atoms with Crippen LogP contribution in [0.25, 0.3) is 11.1 Å². The van der Waals surface area contributed by atoms with Crippen molar-refractivity contribution in [3.8, 4) is 11.1 Å². The number of fused-ring (bicyclic) bond motifs is 3. The highest BCUT2D eigenvalue weighted by Gasteiger charge is 2.45. The number of carboxylic acids is 2. The third kappa shape index (κ3) is 4.85. The normalized spacial score (nSPS) is 12.7. The molecule has 6 heteroatoms. The monoisotopic (exact) mass is 594 g/mol. The highest BCUT2D eigenvalue weighted by molar-refractivity contribution is 6.12. The van der Waals surface area contributed by atoms with Crippen LogP contribution in [-0.4, -0.2) is 33.7 Å². The maximum Gasteiger partial charge on any atom is 0.336 e. The number of hydrogen-bond donors (Lipinski definition) is 2. The summed E-state index contributed by atoms with van der Waals surface area (Å²) in [6.45, 7) is 3.31. The number of carbonyl (C=O) groups is 4. The topological polar surface area (TPSA) is 109 Å². The Morgan fingerprint density at radius 1 is 0.578 bits per heavy atom. The first-order valence-corrected chi connectivity index (χ1v) is 14.7. The predicted molar refractivity (Wildman–Crippen MR) is 172 cm³/mol. The van der Waals surface area contributed by atoms with Crippen LogP contribution in [0.15, 0.2) is 109 Å². The Labute approximate surface area is 260 Å². The lowest BCUT2D eigenvalue weighted by molar-refractivity contribution is 0.0689. The van der Waals surface area contributed by atoms with Gasteiger partial charge in [-0.2, -0.15) is 0 Å². The summed E-state index contributed by atoms with van der Waals surface area (Å²) in [4.78, 5) is 49.4. The van der Waals surface area contributed by atoms with Gasteiger partial charge >= 0.3 is 11.9 Å². The molecule has 0 saturated heterocycles. The number of rotatable bonds is 9. The van der Waals surface area contributed by atoms with Crippen LogP contribution in [0, 0.1) is 0 Å². The molecule has 0 amide bonds. The summed E-state index contributed by atoms with van der Waals surface area (Å²) in [6.07, 6.45) is 0.801. The lowest BCUT2D eigenvalue weighted by atomic mass is 9.67. The zero-order valence-electron chi connectivity index (χ0n) is 24.8. The number of aromatic carboxylic acids is 2. The summed E-state index contributed by atoms with van der Waals surface area (Å²) in [7, 11) is 0. The third-order valence-corrected chi connectivity index (χ3v) is 8.80. The van der Waals surface area contributed by atoms with E-state index in [0.29, 0.717) is 5.56 Å². The van der Waals surface area contributed by atoms with Gasteiger partial charge in [0.05, 0.1) is 16.5 Å². The molecule has 5 aromatic rings. The first-order chi connectivity index (χ1) is 21.7. The van der Waals surface area contributed by atoms with E-state index in [9.17, 15) is 29.4 Å². The molecule has 6 rings (SSSR count). The van der Waals surface area contributed by atoms with Gasteiger partial charge in [-0.1, -0.05) is 104 Å². The molecule has 0 aromatic heterocycles. The summed E-state index contributed by atoms with van der Waals surface area (Å²) in [5.41, 5.74) is 6.81. The van der Waals surface area contributed by atoms with Crippen molar-refractivity contribution >= 4 is 23.5 Å². The van der Waals surface area contributed by atoms with Crippen LogP contribution in [-0.2, 0) is 18.3 Å². The molecule has 0 fully saturated rings. The third-order valence-electron chi connectivity index (χ3n) is 8.80. The van der Waals surface area contributed by atoms with Gasteiger partial charge in [-0.15, -0.1) is 0 Å². The van der Waals surface area contributed by atoms with Gasteiger partial charge in [-0.05, 0) is 70.0 Å². The quantitative estimate of drug-likeness (QED) is 0.167. The fourth-order valence-corrected chi connectivity index (χ4v) is 6.64. The molecule has 0 atom stereocenters. The fourth-order valence-electron chi connectivity index (χ4n) is 6.64. The van der Waals surface area contributed by atoms with Crippen LogP contribution in [0.1, 0.15) is 88.7 Å². The highest BCUT2D eigenvalue weighted by Crippen LogP contribution is 2.55. The van der Waals surface area contributed by atoms with E-state index < -0.39 is 40.0 Å². The number of benzene rings is 5. The van der Waals surface area contributed by atoms with Crippen LogP contribution in [0.3, 0.4) is 0 Å². The first kappa shape index (κ1) is 29.5. The number of aryl methyl sites for hydroxylation is 1. The molecule has 0 aliphatic heterocycles. The zero-order chi connectivity index (χ0) is 31.9. The summed E-state index contributed by atoms with van der Waals surface area (Å²) in [5, 5.41) is 19.3. The van der Waals surface area contributed by atoms with Crippen molar-refractivity contribution in [3.05, 3.63) is 165 Å². The lowest BCUT2D eigenvalue weighted by Crippen LogP contribution is -2.28. The van der Waals surface area contributed by atoms with Gasteiger partial charge in [0.1, 0.15) is 0 Å². The van der Waals surface area contributed by atoms with Crippen molar-refractivity contribution in [2.75, 3.05) is 0 Å². The van der Waals surface area contributed by atoms with E-state index in [-0.39, 0.29) is 17.5 Å². The van der Waals surface area contributed by atoms with E-state index in [1.807, 2.05) is 36.4 Å². The van der Waals surface area contributed by atoms with Crippen LogP contribution in [0.5, 0.6) is 0 Å². The van der Waals surface area contributed by atoms with Crippen molar-refractivity contribution in [3.63, 3.8) is 0 Å². The maximum atomic E-state index is 13.5. The summed E-state index contributed by atoms with van der Waals surface area (Å²) >= 11 is 0. The molecule has 0 bridgehead atoms. The van der Waals surface area contributed by atoms with Crippen LogP contribution < -0.4 is 0 Å². The average molecular weight is 595 g/mol. The number of carbonyl (C=O) groups excluding carboxylic acids is 2. The summed E-state index contributed by atoms with van der Waals surface area (Å²) < 4.78 is 0. The van der Waals surface area contributed by atoms with Gasteiger partial charge in [0, 0.05) is 17.5 Å². The minimum Gasteiger partial charge on any atom is -0.478 e. The Morgan fingerprint density at radius 2 is 1.02 bits per heavy atom. The van der Waals surface area contributed by atoms with Crippen molar-refractivity contribution in [1.29, 1.82) is 0 Å². The van der Waals surface area contributed by atoms with Crippen LogP contribution in [0.2, 0.25) is 0 Å². The Hall–Kier alpha value is -5.62. The Balaban J connectivity index is 1.45.